The molecule has 1 rings (SSSR count). The van der Waals surface area contributed by atoms with Crippen LogP contribution in [0.3, 0.4) is 0 Å². The molecule has 1 aliphatic carbocycles. The molecule has 1 nitrogen and oxygen atoms in total. The smallest absolute Gasteiger partial charge is 0.0568 e. The van der Waals surface area contributed by atoms with Crippen molar-refractivity contribution in [3.63, 3.8) is 0 Å². The third kappa shape index (κ3) is 4.08. The van der Waals surface area contributed by atoms with E-state index in [0.717, 1.165) is 12.3 Å². The minimum absolute atomic E-state index is 0.0270. The van der Waals surface area contributed by atoms with Crippen LogP contribution < -0.4 is 0 Å². The summed E-state index contributed by atoms with van der Waals surface area (Å²) in [4.78, 5) is 0. The summed E-state index contributed by atoms with van der Waals surface area (Å²) >= 11 is 0. The standard InChI is InChI=1S/C15H30O/c1-5-6-7-14(16)12-8-10-13(11-9-12)15(2,3)4/h12-14,16H,5-11H2,1-4H3. The van der Waals surface area contributed by atoms with E-state index in [1.165, 1.54) is 38.5 Å². The summed E-state index contributed by atoms with van der Waals surface area (Å²) in [5.74, 6) is 1.45. The second kappa shape index (κ2) is 6.05. The Labute approximate surface area is 102 Å². The van der Waals surface area contributed by atoms with E-state index in [-0.39, 0.29) is 6.10 Å². The second-order valence-electron chi connectivity index (χ2n) is 6.69. The Bertz CT molecular complexity index is 184. The molecule has 0 aliphatic heterocycles. The summed E-state index contributed by atoms with van der Waals surface area (Å²) < 4.78 is 0. The molecule has 0 aromatic carbocycles. The van der Waals surface area contributed by atoms with Gasteiger partial charge in [0.1, 0.15) is 0 Å². The van der Waals surface area contributed by atoms with E-state index in [4.69, 9.17) is 0 Å². The molecule has 1 atom stereocenters. The third-order valence-electron chi connectivity index (χ3n) is 4.39. The summed E-state index contributed by atoms with van der Waals surface area (Å²) in [6.07, 6.45) is 8.49. The van der Waals surface area contributed by atoms with Crippen LogP contribution in [0.5, 0.6) is 0 Å². The zero-order valence-corrected chi connectivity index (χ0v) is 11.6. The van der Waals surface area contributed by atoms with Gasteiger partial charge in [0.2, 0.25) is 0 Å². The summed E-state index contributed by atoms with van der Waals surface area (Å²) in [6, 6.07) is 0. The van der Waals surface area contributed by atoms with Gasteiger partial charge in [0.05, 0.1) is 6.10 Å². The predicted molar refractivity (Wildman–Crippen MR) is 70.4 cm³/mol. The normalized spacial score (nSPS) is 29.1. The molecule has 0 bridgehead atoms. The van der Waals surface area contributed by atoms with Crippen LogP contribution in [0.15, 0.2) is 0 Å². The molecular weight excluding hydrogens is 196 g/mol. The monoisotopic (exact) mass is 226 g/mol. The van der Waals surface area contributed by atoms with Crippen molar-refractivity contribution in [1.29, 1.82) is 0 Å². The summed E-state index contributed by atoms with van der Waals surface area (Å²) in [7, 11) is 0. The molecule has 1 aliphatic rings. The van der Waals surface area contributed by atoms with Crippen molar-refractivity contribution in [3.05, 3.63) is 0 Å². The largest absolute Gasteiger partial charge is 0.393 e. The van der Waals surface area contributed by atoms with Crippen LogP contribution in [-0.4, -0.2) is 11.2 Å². The van der Waals surface area contributed by atoms with Gasteiger partial charge in [0.15, 0.2) is 0 Å². The van der Waals surface area contributed by atoms with Gasteiger partial charge in [-0.2, -0.15) is 0 Å². The molecule has 0 spiro atoms. The molecule has 16 heavy (non-hydrogen) atoms. The fourth-order valence-corrected chi connectivity index (χ4v) is 3.02. The van der Waals surface area contributed by atoms with Crippen molar-refractivity contribution in [2.24, 2.45) is 17.3 Å². The lowest BCUT2D eigenvalue weighted by Crippen LogP contribution is -2.30. The maximum absolute atomic E-state index is 10.1. The van der Waals surface area contributed by atoms with Gasteiger partial charge in [0.25, 0.3) is 0 Å². The fourth-order valence-electron chi connectivity index (χ4n) is 3.02. The molecule has 0 saturated heterocycles. The highest BCUT2D eigenvalue weighted by Gasteiger charge is 2.31. The van der Waals surface area contributed by atoms with Gasteiger partial charge >= 0.3 is 0 Å². The highest BCUT2D eigenvalue weighted by Crippen LogP contribution is 2.41. The van der Waals surface area contributed by atoms with Gasteiger partial charge in [-0.3, -0.25) is 0 Å². The van der Waals surface area contributed by atoms with E-state index in [1.807, 2.05) is 0 Å². The molecule has 1 fully saturated rings. The fraction of sp³-hybridized carbons (Fsp3) is 1.00. The SMILES string of the molecule is CCCCC(O)C1CCC(C(C)(C)C)CC1. The predicted octanol–water partition coefficient (Wildman–Crippen LogP) is 4.39. The number of aliphatic hydroxyl groups is 1. The Hall–Kier alpha value is -0.0400. The quantitative estimate of drug-likeness (QED) is 0.753. The first-order chi connectivity index (χ1) is 7.45. The first kappa shape index (κ1) is 14.0. The second-order valence-corrected chi connectivity index (χ2v) is 6.69. The van der Waals surface area contributed by atoms with E-state index < -0.39 is 0 Å². The van der Waals surface area contributed by atoms with Gasteiger partial charge in [-0.05, 0) is 49.4 Å². The van der Waals surface area contributed by atoms with Crippen molar-refractivity contribution in [2.45, 2.75) is 78.7 Å². The van der Waals surface area contributed by atoms with Crippen molar-refractivity contribution in [1.82, 2.24) is 0 Å². The van der Waals surface area contributed by atoms with Gasteiger partial charge in [-0.15, -0.1) is 0 Å². The number of unbranched alkanes of at least 4 members (excludes halogenated alkanes) is 1. The van der Waals surface area contributed by atoms with Crippen LogP contribution in [-0.2, 0) is 0 Å². The molecule has 0 heterocycles. The average Bonchev–Trinajstić information content (AvgIpc) is 2.25. The zero-order chi connectivity index (χ0) is 12.2. The van der Waals surface area contributed by atoms with Crippen LogP contribution in [0.2, 0.25) is 0 Å². The van der Waals surface area contributed by atoms with Crippen LogP contribution in [0, 0.1) is 17.3 Å². The average molecular weight is 226 g/mol. The Morgan fingerprint density at radius 2 is 1.69 bits per heavy atom. The Kier molecular flexibility index (Phi) is 5.30. The van der Waals surface area contributed by atoms with Crippen molar-refractivity contribution in [2.75, 3.05) is 0 Å². The lowest BCUT2D eigenvalue weighted by Gasteiger charge is -2.38. The Morgan fingerprint density at radius 1 is 1.12 bits per heavy atom. The lowest BCUT2D eigenvalue weighted by atomic mass is 9.68. The zero-order valence-electron chi connectivity index (χ0n) is 11.6. The Balaban J connectivity index is 2.31. The highest BCUT2D eigenvalue weighted by molar-refractivity contribution is 4.83. The van der Waals surface area contributed by atoms with Crippen LogP contribution in [0.4, 0.5) is 0 Å². The molecule has 0 radical (unpaired) electrons. The van der Waals surface area contributed by atoms with Gasteiger partial charge in [0, 0.05) is 0 Å². The van der Waals surface area contributed by atoms with Gasteiger partial charge in [-0.1, -0.05) is 40.5 Å². The molecule has 1 heteroatoms. The minimum Gasteiger partial charge on any atom is -0.393 e. The molecule has 0 amide bonds. The molecular formula is C15H30O. The number of aliphatic hydroxyl groups excluding tert-OH is 1. The molecule has 0 aromatic rings. The minimum atomic E-state index is -0.0270. The van der Waals surface area contributed by atoms with Crippen LogP contribution in [0.25, 0.3) is 0 Å². The molecule has 96 valence electrons. The van der Waals surface area contributed by atoms with Crippen molar-refractivity contribution >= 4 is 0 Å². The third-order valence-corrected chi connectivity index (χ3v) is 4.39. The van der Waals surface area contributed by atoms with E-state index in [0.29, 0.717) is 11.3 Å². The van der Waals surface area contributed by atoms with E-state index >= 15 is 0 Å². The molecule has 0 aromatic heterocycles. The van der Waals surface area contributed by atoms with Gasteiger partial charge in [-0.25, -0.2) is 0 Å². The van der Waals surface area contributed by atoms with Gasteiger partial charge < -0.3 is 5.11 Å². The number of hydrogen-bond donors (Lipinski definition) is 1. The van der Waals surface area contributed by atoms with E-state index in [1.54, 1.807) is 0 Å². The maximum Gasteiger partial charge on any atom is 0.0568 e. The number of rotatable bonds is 4. The van der Waals surface area contributed by atoms with Crippen molar-refractivity contribution in [3.8, 4) is 0 Å². The van der Waals surface area contributed by atoms with Crippen LogP contribution >= 0.6 is 0 Å². The maximum atomic E-state index is 10.1. The molecule has 1 N–H and O–H groups in total. The topological polar surface area (TPSA) is 20.2 Å². The first-order valence-electron chi connectivity index (χ1n) is 7.13. The Morgan fingerprint density at radius 3 is 2.12 bits per heavy atom. The first-order valence-corrected chi connectivity index (χ1v) is 7.13. The molecule has 1 saturated carbocycles. The van der Waals surface area contributed by atoms with Crippen molar-refractivity contribution < 1.29 is 5.11 Å². The number of hydrogen-bond acceptors (Lipinski definition) is 1. The summed E-state index contributed by atoms with van der Waals surface area (Å²) in [5, 5.41) is 10.1. The van der Waals surface area contributed by atoms with Crippen LogP contribution in [0.1, 0.15) is 72.6 Å². The summed E-state index contributed by atoms with van der Waals surface area (Å²) in [5.41, 5.74) is 0.458. The molecule has 1 unspecified atom stereocenters. The lowest BCUT2D eigenvalue weighted by molar-refractivity contribution is 0.0468. The highest BCUT2D eigenvalue weighted by atomic mass is 16.3. The van der Waals surface area contributed by atoms with E-state index in [2.05, 4.69) is 27.7 Å². The summed E-state index contributed by atoms with van der Waals surface area (Å²) in [6.45, 7) is 9.26. The van der Waals surface area contributed by atoms with E-state index in [9.17, 15) is 5.11 Å².